The molecule has 1 aliphatic rings. The van der Waals surface area contributed by atoms with E-state index in [-0.39, 0.29) is 11.9 Å². The van der Waals surface area contributed by atoms with Crippen molar-refractivity contribution >= 4 is 16.7 Å². The molecular formula is C21H28N2O. The Hall–Kier alpha value is -1.87. The first-order valence-electron chi connectivity index (χ1n) is 9.12. The summed E-state index contributed by atoms with van der Waals surface area (Å²) in [7, 11) is 2.03. The van der Waals surface area contributed by atoms with Gasteiger partial charge >= 0.3 is 0 Å². The highest BCUT2D eigenvalue weighted by molar-refractivity contribution is 5.83. The summed E-state index contributed by atoms with van der Waals surface area (Å²) < 4.78 is 0. The van der Waals surface area contributed by atoms with E-state index >= 15 is 0 Å². The molecule has 24 heavy (non-hydrogen) atoms. The molecule has 1 fully saturated rings. The van der Waals surface area contributed by atoms with Crippen molar-refractivity contribution in [2.24, 2.45) is 0 Å². The van der Waals surface area contributed by atoms with Crippen molar-refractivity contribution in [1.82, 2.24) is 10.2 Å². The van der Waals surface area contributed by atoms with Crippen LogP contribution >= 0.6 is 0 Å². The fourth-order valence-corrected chi connectivity index (χ4v) is 3.53. The highest BCUT2D eigenvalue weighted by Gasteiger charge is 2.22. The Morgan fingerprint density at radius 2 is 1.83 bits per heavy atom. The zero-order valence-electron chi connectivity index (χ0n) is 14.8. The van der Waals surface area contributed by atoms with Gasteiger partial charge in [-0.3, -0.25) is 9.69 Å². The first-order valence-corrected chi connectivity index (χ1v) is 9.12. The van der Waals surface area contributed by atoms with Crippen LogP contribution in [0.5, 0.6) is 0 Å². The van der Waals surface area contributed by atoms with E-state index in [0.29, 0.717) is 6.04 Å². The number of amides is 1. The molecule has 3 rings (SSSR count). The molecule has 2 aromatic carbocycles. The van der Waals surface area contributed by atoms with Crippen molar-refractivity contribution in [3.8, 4) is 0 Å². The SMILES string of the molecule is CC(C(=O)NC1CCCCC1)N(C)Cc1ccc2ccccc2c1. The fourth-order valence-electron chi connectivity index (χ4n) is 3.53. The average Bonchev–Trinajstić information content (AvgIpc) is 2.61. The van der Waals surface area contributed by atoms with E-state index in [1.165, 1.54) is 35.6 Å². The van der Waals surface area contributed by atoms with Crippen LogP contribution in [0.2, 0.25) is 0 Å². The van der Waals surface area contributed by atoms with Gasteiger partial charge in [0.2, 0.25) is 5.91 Å². The summed E-state index contributed by atoms with van der Waals surface area (Å²) in [5.41, 5.74) is 1.24. The largest absolute Gasteiger partial charge is 0.352 e. The Bertz CT molecular complexity index is 691. The van der Waals surface area contributed by atoms with Crippen LogP contribution in [-0.4, -0.2) is 29.9 Å². The molecule has 1 amide bonds. The molecule has 0 aliphatic heterocycles. The smallest absolute Gasteiger partial charge is 0.237 e. The maximum absolute atomic E-state index is 12.5. The Morgan fingerprint density at radius 1 is 1.12 bits per heavy atom. The standard InChI is InChI=1S/C21H28N2O/c1-16(21(24)22-20-10-4-3-5-11-20)23(2)15-17-12-13-18-8-6-7-9-19(18)14-17/h6-9,12-14,16,20H,3-5,10-11,15H2,1-2H3,(H,22,24). The predicted octanol–water partition coefficient (Wildman–Crippen LogP) is 4.11. The van der Waals surface area contributed by atoms with Crippen molar-refractivity contribution in [3.63, 3.8) is 0 Å². The summed E-state index contributed by atoms with van der Waals surface area (Å²) in [6, 6.07) is 15.2. The second kappa shape index (κ2) is 7.80. The molecule has 0 heterocycles. The summed E-state index contributed by atoms with van der Waals surface area (Å²) in [6.07, 6.45) is 6.06. The molecule has 3 nitrogen and oxygen atoms in total. The Kier molecular flexibility index (Phi) is 5.52. The zero-order chi connectivity index (χ0) is 16.9. The summed E-state index contributed by atoms with van der Waals surface area (Å²) in [6.45, 7) is 2.78. The van der Waals surface area contributed by atoms with Gasteiger partial charge in [0.1, 0.15) is 0 Å². The van der Waals surface area contributed by atoms with Gasteiger partial charge in [-0.2, -0.15) is 0 Å². The first-order chi connectivity index (χ1) is 11.6. The predicted molar refractivity (Wildman–Crippen MR) is 99.9 cm³/mol. The average molecular weight is 324 g/mol. The van der Waals surface area contributed by atoms with Gasteiger partial charge in [-0.25, -0.2) is 0 Å². The van der Waals surface area contributed by atoms with Gasteiger partial charge in [-0.15, -0.1) is 0 Å². The van der Waals surface area contributed by atoms with Crippen LogP contribution < -0.4 is 5.32 Å². The highest BCUT2D eigenvalue weighted by Crippen LogP contribution is 2.19. The number of rotatable bonds is 5. The molecule has 1 aliphatic carbocycles. The molecule has 2 aromatic rings. The van der Waals surface area contributed by atoms with E-state index in [0.717, 1.165) is 19.4 Å². The number of hydrogen-bond donors (Lipinski definition) is 1. The molecule has 0 spiro atoms. The number of benzene rings is 2. The lowest BCUT2D eigenvalue weighted by molar-refractivity contribution is -0.126. The number of carbonyl (C=O) groups is 1. The van der Waals surface area contributed by atoms with Crippen molar-refractivity contribution in [2.45, 2.75) is 57.7 Å². The van der Waals surface area contributed by atoms with Crippen LogP contribution in [0, 0.1) is 0 Å². The van der Waals surface area contributed by atoms with Gasteiger partial charge < -0.3 is 5.32 Å². The Morgan fingerprint density at radius 3 is 2.58 bits per heavy atom. The second-order valence-electron chi connectivity index (χ2n) is 7.12. The summed E-state index contributed by atoms with van der Waals surface area (Å²) in [4.78, 5) is 14.6. The molecule has 1 atom stereocenters. The minimum Gasteiger partial charge on any atom is -0.352 e. The minimum absolute atomic E-state index is 0.113. The minimum atomic E-state index is -0.113. The van der Waals surface area contributed by atoms with E-state index < -0.39 is 0 Å². The zero-order valence-corrected chi connectivity index (χ0v) is 14.8. The fraction of sp³-hybridized carbons (Fsp3) is 0.476. The van der Waals surface area contributed by atoms with Crippen LogP contribution in [0.1, 0.15) is 44.6 Å². The number of nitrogens with one attached hydrogen (secondary N) is 1. The number of hydrogen-bond acceptors (Lipinski definition) is 2. The maximum atomic E-state index is 12.5. The van der Waals surface area contributed by atoms with Crippen LogP contribution in [0.15, 0.2) is 42.5 Å². The summed E-state index contributed by atoms with van der Waals surface area (Å²) >= 11 is 0. The van der Waals surface area contributed by atoms with Gasteiger partial charge in [0.25, 0.3) is 0 Å². The van der Waals surface area contributed by atoms with Crippen molar-refractivity contribution < 1.29 is 4.79 Å². The van der Waals surface area contributed by atoms with Gasteiger partial charge in [0.15, 0.2) is 0 Å². The summed E-state index contributed by atoms with van der Waals surface area (Å²) in [5, 5.41) is 5.74. The van der Waals surface area contributed by atoms with E-state index in [1.807, 2.05) is 14.0 Å². The molecule has 0 saturated heterocycles. The van der Waals surface area contributed by atoms with Gasteiger partial charge in [-0.1, -0.05) is 55.7 Å². The molecule has 0 aromatic heterocycles. The van der Waals surface area contributed by atoms with Crippen molar-refractivity contribution in [3.05, 3.63) is 48.0 Å². The molecule has 1 unspecified atom stereocenters. The first kappa shape index (κ1) is 17.0. The van der Waals surface area contributed by atoms with Gasteiger partial charge in [0, 0.05) is 12.6 Å². The Balaban J connectivity index is 1.59. The van der Waals surface area contributed by atoms with E-state index in [9.17, 15) is 4.79 Å². The van der Waals surface area contributed by atoms with Crippen LogP contribution in [0.3, 0.4) is 0 Å². The van der Waals surface area contributed by atoms with E-state index in [2.05, 4.69) is 52.7 Å². The lowest BCUT2D eigenvalue weighted by Crippen LogP contribution is -2.47. The van der Waals surface area contributed by atoms with Crippen LogP contribution in [-0.2, 0) is 11.3 Å². The molecule has 0 bridgehead atoms. The van der Waals surface area contributed by atoms with Crippen LogP contribution in [0.25, 0.3) is 10.8 Å². The monoisotopic (exact) mass is 324 g/mol. The second-order valence-corrected chi connectivity index (χ2v) is 7.12. The molecule has 1 N–H and O–H groups in total. The van der Waals surface area contributed by atoms with Crippen molar-refractivity contribution in [1.29, 1.82) is 0 Å². The quantitative estimate of drug-likeness (QED) is 0.897. The summed E-state index contributed by atoms with van der Waals surface area (Å²) in [5.74, 6) is 0.158. The van der Waals surface area contributed by atoms with Gasteiger partial charge in [0.05, 0.1) is 6.04 Å². The van der Waals surface area contributed by atoms with Gasteiger partial charge in [-0.05, 0) is 49.2 Å². The normalized spacial score (nSPS) is 17.1. The molecule has 3 heteroatoms. The maximum Gasteiger partial charge on any atom is 0.237 e. The highest BCUT2D eigenvalue weighted by atomic mass is 16.2. The topological polar surface area (TPSA) is 32.3 Å². The number of likely N-dealkylation sites (N-methyl/N-ethyl adjacent to an activating group) is 1. The molecule has 0 radical (unpaired) electrons. The molecule has 1 saturated carbocycles. The van der Waals surface area contributed by atoms with E-state index in [4.69, 9.17) is 0 Å². The number of fused-ring (bicyclic) bond motifs is 1. The third kappa shape index (κ3) is 4.15. The third-order valence-corrected chi connectivity index (χ3v) is 5.24. The van der Waals surface area contributed by atoms with E-state index in [1.54, 1.807) is 0 Å². The molecular weight excluding hydrogens is 296 g/mol. The number of carbonyl (C=O) groups excluding carboxylic acids is 1. The van der Waals surface area contributed by atoms with Crippen molar-refractivity contribution in [2.75, 3.05) is 7.05 Å². The molecule has 128 valence electrons. The third-order valence-electron chi connectivity index (χ3n) is 5.24. The number of nitrogens with zero attached hydrogens (tertiary/aromatic N) is 1. The lowest BCUT2D eigenvalue weighted by Gasteiger charge is -2.28. The lowest BCUT2D eigenvalue weighted by atomic mass is 9.95. The Labute approximate surface area is 145 Å². The van der Waals surface area contributed by atoms with Crippen LogP contribution in [0.4, 0.5) is 0 Å².